The molecule has 24 heavy (non-hydrogen) atoms. The molecule has 0 aliphatic carbocycles. The quantitative estimate of drug-likeness (QED) is 0.911. The topological polar surface area (TPSA) is 50.5 Å². The number of halogens is 1. The molecular weight excluding hydrogens is 309 g/mol. The second kappa shape index (κ2) is 7.01. The van der Waals surface area contributed by atoms with Crippen molar-refractivity contribution >= 4 is 0 Å². The van der Waals surface area contributed by atoms with Gasteiger partial charge >= 0.3 is 0 Å². The zero-order valence-corrected chi connectivity index (χ0v) is 14.4. The van der Waals surface area contributed by atoms with Crippen molar-refractivity contribution in [1.82, 2.24) is 14.7 Å². The van der Waals surface area contributed by atoms with E-state index in [-0.39, 0.29) is 11.9 Å². The predicted molar refractivity (Wildman–Crippen MR) is 89.7 cm³/mol. The van der Waals surface area contributed by atoms with Crippen LogP contribution in [0.1, 0.15) is 23.9 Å². The van der Waals surface area contributed by atoms with E-state index in [2.05, 4.69) is 10.00 Å². The molecule has 0 radical (unpaired) electrons. The van der Waals surface area contributed by atoms with Crippen LogP contribution in [0.15, 0.2) is 24.3 Å². The van der Waals surface area contributed by atoms with Crippen LogP contribution < -0.4 is 0 Å². The molecular formula is C18H24FN3O2. The minimum Gasteiger partial charge on any atom is -0.389 e. The second-order valence-electron chi connectivity index (χ2n) is 6.35. The van der Waals surface area contributed by atoms with Crippen molar-refractivity contribution in [3.05, 3.63) is 47.0 Å². The first-order valence-electron chi connectivity index (χ1n) is 8.31. The van der Waals surface area contributed by atoms with Crippen LogP contribution >= 0.6 is 0 Å². The standard InChI is InChI=1S/C18H24FN3O2/c1-4-21(17-10-24-11-18(17)23)9-14-8-15(19)5-6-16(14)22-13(3)7-12(2)20-22/h5-8,17-18,23H,4,9-11H2,1-3H3/t17-,18-/m0/s1. The van der Waals surface area contributed by atoms with Gasteiger partial charge < -0.3 is 9.84 Å². The summed E-state index contributed by atoms with van der Waals surface area (Å²) < 4.78 is 21.1. The van der Waals surface area contributed by atoms with Gasteiger partial charge in [0.1, 0.15) is 5.82 Å². The Labute approximate surface area is 141 Å². The Hall–Kier alpha value is -1.76. The van der Waals surface area contributed by atoms with Crippen molar-refractivity contribution < 1.29 is 14.2 Å². The largest absolute Gasteiger partial charge is 0.389 e. The van der Waals surface area contributed by atoms with Gasteiger partial charge in [-0.05, 0) is 50.2 Å². The summed E-state index contributed by atoms with van der Waals surface area (Å²) in [7, 11) is 0. The molecule has 5 nitrogen and oxygen atoms in total. The van der Waals surface area contributed by atoms with Crippen LogP contribution in [-0.4, -0.2) is 51.7 Å². The van der Waals surface area contributed by atoms with Gasteiger partial charge in [-0.3, -0.25) is 4.90 Å². The van der Waals surface area contributed by atoms with Gasteiger partial charge in [-0.25, -0.2) is 9.07 Å². The highest BCUT2D eigenvalue weighted by molar-refractivity contribution is 5.42. The maximum absolute atomic E-state index is 13.9. The Balaban J connectivity index is 1.94. The maximum Gasteiger partial charge on any atom is 0.123 e. The molecule has 130 valence electrons. The van der Waals surface area contributed by atoms with Crippen LogP contribution in [0.25, 0.3) is 5.69 Å². The van der Waals surface area contributed by atoms with Gasteiger partial charge in [0.25, 0.3) is 0 Å². The molecule has 3 rings (SSSR count). The smallest absolute Gasteiger partial charge is 0.123 e. The number of aryl methyl sites for hydroxylation is 2. The molecule has 1 N–H and O–H groups in total. The first kappa shape index (κ1) is 17.1. The van der Waals surface area contributed by atoms with Gasteiger partial charge in [0.2, 0.25) is 0 Å². The Bertz CT molecular complexity index is 716. The van der Waals surface area contributed by atoms with Crippen LogP contribution in [0.3, 0.4) is 0 Å². The highest BCUT2D eigenvalue weighted by Crippen LogP contribution is 2.23. The van der Waals surface area contributed by atoms with E-state index >= 15 is 0 Å². The molecule has 1 aromatic carbocycles. The highest BCUT2D eigenvalue weighted by Gasteiger charge is 2.31. The number of hydrogen-bond acceptors (Lipinski definition) is 4. The molecule has 1 aliphatic heterocycles. The van der Waals surface area contributed by atoms with Gasteiger partial charge in [0.05, 0.1) is 36.7 Å². The summed E-state index contributed by atoms with van der Waals surface area (Å²) in [5, 5.41) is 14.6. The molecule has 0 spiro atoms. The summed E-state index contributed by atoms with van der Waals surface area (Å²) >= 11 is 0. The van der Waals surface area contributed by atoms with Crippen molar-refractivity contribution in [2.24, 2.45) is 0 Å². The summed E-state index contributed by atoms with van der Waals surface area (Å²) in [6.45, 7) is 8.10. The van der Waals surface area contributed by atoms with Crippen molar-refractivity contribution in [3.8, 4) is 5.69 Å². The number of benzene rings is 1. The average molecular weight is 333 g/mol. The number of aliphatic hydroxyl groups is 1. The van der Waals surface area contributed by atoms with E-state index in [1.165, 1.54) is 6.07 Å². The second-order valence-corrected chi connectivity index (χ2v) is 6.35. The van der Waals surface area contributed by atoms with Gasteiger partial charge in [-0.1, -0.05) is 6.92 Å². The lowest BCUT2D eigenvalue weighted by Crippen LogP contribution is -2.42. The van der Waals surface area contributed by atoms with Crippen molar-refractivity contribution in [3.63, 3.8) is 0 Å². The van der Waals surface area contributed by atoms with E-state index in [1.54, 1.807) is 12.1 Å². The fourth-order valence-corrected chi connectivity index (χ4v) is 3.32. The number of likely N-dealkylation sites (N-methyl/N-ethyl adjacent to an activating group) is 1. The van der Waals surface area contributed by atoms with Crippen molar-refractivity contribution in [2.45, 2.75) is 39.5 Å². The highest BCUT2D eigenvalue weighted by atomic mass is 19.1. The van der Waals surface area contributed by atoms with E-state index in [0.717, 1.165) is 29.2 Å². The lowest BCUT2D eigenvalue weighted by molar-refractivity contribution is 0.0807. The molecule has 1 fully saturated rings. The molecule has 2 heterocycles. The van der Waals surface area contributed by atoms with E-state index in [1.807, 2.05) is 31.5 Å². The third kappa shape index (κ3) is 3.36. The molecule has 6 heteroatoms. The summed E-state index contributed by atoms with van der Waals surface area (Å²) in [4.78, 5) is 2.13. The van der Waals surface area contributed by atoms with E-state index in [0.29, 0.717) is 19.8 Å². The van der Waals surface area contributed by atoms with Gasteiger partial charge in [0, 0.05) is 12.2 Å². The number of aromatic nitrogens is 2. The molecule has 2 atom stereocenters. The Morgan fingerprint density at radius 2 is 2.12 bits per heavy atom. The van der Waals surface area contributed by atoms with Crippen LogP contribution in [0.5, 0.6) is 0 Å². The monoisotopic (exact) mass is 333 g/mol. The van der Waals surface area contributed by atoms with Crippen LogP contribution in [0, 0.1) is 19.7 Å². The normalized spacial score (nSPS) is 20.9. The van der Waals surface area contributed by atoms with E-state index < -0.39 is 6.10 Å². The lowest BCUT2D eigenvalue weighted by atomic mass is 10.1. The molecule has 1 saturated heterocycles. The molecule has 0 bridgehead atoms. The number of hydrogen-bond donors (Lipinski definition) is 1. The maximum atomic E-state index is 13.9. The Kier molecular flexibility index (Phi) is 4.99. The SMILES string of the molecule is CCN(Cc1cc(F)ccc1-n1nc(C)cc1C)[C@H]1COC[C@@H]1O. The van der Waals surface area contributed by atoms with E-state index in [4.69, 9.17) is 4.74 Å². The fourth-order valence-electron chi connectivity index (χ4n) is 3.32. The number of nitrogens with zero attached hydrogens (tertiary/aromatic N) is 3. The van der Waals surface area contributed by atoms with Gasteiger partial charge in [0.15, 0.2) is 0 Å². The first-order valence-corrected chi connectivity index (χ1v) is 8.31. The summed E-state index contributed by atoms with van der Waals surface area (Å²) in [5.41, 5.74) is 3.65. The fraction of sp³-hybridized carbons (Fsp3) is 0.500. The van der Waals surface area contributed by atoms with Gasteiger partial charge in [-0.2, -0.15) is 5.10 Å². The third-order valence-electron chi connectivity index (χ3n) is 4.55. The summed E-state index contributed by atoms with van der Waals surface area (Å²) in [6.07, 6.45) is -0.504. The number of rotatable bonds is 5. The molecule has 0 amide bonds. The molecule has 0 unspecified atom stereocenters. The van der Waals surface area contributed by atoms with Gasteiger partial charge in [-0.15, -0.1) is 0 Å². The van der Waals surface area contributed by atoms with Crippen LogP contribution in [0.4, 0.5) is 4.39 Å². The summed E-state index contributed by atoms with van der Waals surface area (Å²) in [5.74, 6) is -0.269. The predicted octanol–water partition coefficient (Wildman–Crippen LogP) is 2.21. The minimum absolute atomic E-state index is 0.0634. The molecule has 1 aliphatic rings. The summed E-state index contributed by atoms with van der Waals surface area (Å²) in [6, 6.07) is 6.71. The molecule has 0 saturated carbocycles. The van der Waals surface area contributed by atoms with E-state index in [9.17, 15) is 9.50 Å². The average Bonchev–Trinajstić information content (AvgIpc) is 3.10. The minimum atomic E-state index is -0.504. The third-order valence-corrected chi connectivity index (χ3v) is 4.55. The molecule has 2 aromatic rings. The zero-order chi connectivity index (χ0) is 17.3. The molecule has 1 aromatic heterocycles. The zero-order valence-electron chi connectivity index (χ0n) is 14.4. The lowest BCUT2D eigenvalue weighted by Gasteiger charge is -2.29. The Morgan fingerprint density at radius 3 is 2.71 bits per heavy atom. The Morgan fingerprint density at radius 1 is 1.33 bits per heavy atom. The first-order chi connectivity index (χ1) is 11.5. The van der Waals surface area contributed by atoms with Crippen molar-refractivity contribution in [1.29, 1.82) is 0 Å². The van der Waals surface area contributed by atoms with Crippen LogP contribution in [0.2, 0.25) is 0 Å². The van der Waals surface area contributed by atoms with Crippen LogP contribution in [-0.2, 0) is 11.3 Å². The van der Waals surface area contributed by atoms with Crippen molar-refractivity contribution in [2.75, 3.05) is 19.8 Å². The number of aliphatic hydroxyl groups excluding tert-OH is 1. The number of ether oxygens (including phenoxy) is 1.